The van der Waals surface area contributed by atoms with Crippen LogP contribution in [0.25, 0.3) is 10.1 Å². The van der Waals surface area contributed by atoms with Crippen molar-refractivity contribution in [1.82, 2.24) is 0 Å². The van der Waals surface area contributed by atoms with Crippen LogP contribution >= 0.6 is 22.1 Å². The fraction of sp³-hybridized carbons (Fsp3) is 0.273. The first-order valence-corrected chi connectivity index (χ1v) is 8.75. The monoisotopic (exact) mass is 392 g/mol. The average molecular weight is 394 g/mol. The van der Waals surface area contributed by atoms with Crippen molar-refractivity contribution in [2.75, 3.05) is 0 Å². The molecule has 0 amide bonds. The minimum Gasteiger partial charge on any atom is -0.405 e. The number of halogens is 5. The molecule has 1 atom stereocenters. The van der Waals surface area contributed by atoms with Gasteiger partial charge in [-0.2, -0.15) is 0 Å². The molecule has 0 radical (unpaired) electrons. The summed E-state index contributed by atoms with van der Waals surface area (Å²) in [5.41, 5.74) is -4.21. The normalized spacial score (nSPS) is 12.6. The van der Waals surface area contributed by atoms with E-state index < -0.39 is 30.8 Å². The third-order valence-corrected chi connectivity index (χ3v) is 4.78. The first-order valence-electron chi connectivity index (χ1n) is 5.21. The summed E-state index contributed by atoms with van der Waals surface area (Å²) < 4.78 is 64.7. The molecular formula is C11H9BrClF3O3S. The second-order valence-electron chi connectivity index (χ2n) is 3.59. The second kappa shape index (κ2) is 7.06. The zero-order valence-corrected chi connectivity index (χ0v) is 13.2. The van der Waals surface area contributed by atoms with Crippen LogP contribution in [-0.2, 0) is 11.9 Å². The Hall–Kier alpha value is -0.380. The van der Waals surface area contributed by atoms with E-state index in [1.54, 1.807) is 25.1 Å². The number of thiophene rings is 1. The Morgan fingerprint density at radius 3 is 2.20 bits per heavy atom. The van der Waals surface area contributed by atoms with E-state index in [-0.39, 0.29) is 0 Å². The molecule has 0 spiro atoms. The largest absolute Gasteiger partial charge is 0.600 e. The van der Waals surface area contributed by atoms with E-state index in [0.29, 0.717) is 26.4 Å². The Labute approximate surface area is 126 Å². The van der Waals surface area contributed by atoms with Gasteiger partial charge in [0, 0.05) is 29.0 Å². The van der Waals surface area contributed by atoms with Crippen LogP contribution < -0.4 is 12.6 Å². The van der Waals surface area contributed by atoms with Crippen LogP contribution in [0.2, 0.25) is 5.02 Å². The van der Waals surface area contributed by atoms with E-state index in [2.05, 4.69) is 0 Å². The first-order chi connectivity index (χ1) is 9.16. The summed E-state index contributed by atoms with van der Waals surface area (Å²) in [5, 5.41) is 0.994. The lowest BCUT2D eigenvalue weighted by Gasteiger charge is -1.98. The maximum Gasteiger partial charge on any atom is 0.600 e. The van der Waals surface area contributed by atoms with Gasteiger partial charge in [0.05, 0.1) is 10.5 Å². The van der Waals surface area contributed by atoms with Gasteiger partial charge in [-0.05, 0) is 12.1 Å². The van der Waals surface area contributed by atoms with E-state index in [1.807, 2.05) is 0 Å². The SMILES string of the molecule is CCc1cc2ccc(Cl)cc2[s+]1C(F)(F)F.[O-][Br+2]([O-])[O-]. The topological polar surface area (TPSA) is 69.2 Å². The molecule has 0 fully saturated rings. The molecule has 0 saturated carbocycles. The van der Waals surface area contributed by atoms with Crippen LogP contribution in [0, 0.1) is 14.8 Å². The zero-order valence-electron chi connectivity index (χ0n) is 10.0. The highest BCUT2D eigenvalue weighted by molar-refractivity contribution is 7.38. The van der Waals surface area contributed by atoms with Gasteiger partial charge in [-0.1, -0.05) is 18.5 Å². The molecule has 1 heterocycles. The van der Waals surface area contributed by atoms with Crippen molar-refractivity contribution in [3.63, 3.8) is 0 Å². The number of aryl methyl sites for hydroxylation is 1. The molecule has 0 aliphatic rings. The van der Waals surface area contributed by atoms with Gasteiger partial charge in [0.1, 0.15) is 0 Å². The molecule has 1 aromatic heterocycles. The van der Waals surface area contributed by atoms with Gasteiger partial charge in [0.15, 0.2) is 9.58 Å². The second-order valence-corrected chi connectivity index (χ2v) is 6.86. The van der Waals surface area contributed by atoms with Gasteiger partial charge < -0.3 is 12.6 Å². The highest BCUT2D eigenvalue weighted by Gasteiger charge is 2.47. The van der Waals surface area contributed by atoms with Crippen molar-refractivity contribution in [2.24, 2.45) is 0 Å². The fourth-order valence-electron chi connectivity index (χ4n) is 1.70. The zero-order chi connectivity index (χ0) is 15.5. The number of benzene rings is 1. The van der Waals surface area contributed by atoms with Crippen molar-refractivity contribution in [2.45, 2.75) is 18.9 Å². The summed E-state index contributed by atoms with van der Waals surface area (Å²) in [6, 6.07) is 6.31. The van der Waals surface area contributed by atoms with Gasteiger partial charge in [-0.25, -0.2) is 0 Å². The van der Waals surface area contributed by atoms with Crippen LogP contribution in [0.4, 0.5) is 13.2 Å². The predicted molar refractivity (Wildman–Crippen MR) is 62.1 cm³/mol. The number of alkyl halides is 3. The van der Waals surface area contributed by atoms with E-state index in [0.717, 1.165) is 0 Å². The molecule has 0 N–H and O–H groups in total. The van der Waals surface area contributed by atoms with Crippen LogP contribution in [0.15, 0.2) is 24.3 Å². The summed E-state index contributed by atoms with van der Waals surface area (Å²) in [6.45, 7) is 1.74. The number of fused-ring (bicyclic) bond motifs is 1. The molecule has 2 aromatic rings. The summed E-state index contributed by atoms with van der Waals surface area (Å²) in [5.74, 6) is 0. The Bertz CT molecular complexity index is 583. The van der Waals surface area contributed by atoms with Crippen LogP contribution in [0.5, 0.6) is 0 Å². The fourth-order valence-corrected chi connectivity index (χ4v) is 3.90. The summed E-state index contributed by atoms with van der Waals surface area (Å²) in [6.07, 6.45) is 0.412. The quantitative estimate of drug-likeness (QED) is 0.693. The molecule has 9 heteroatoms. The van der Waals surface area contributed by atoms with Crippen molar-refractivity contribution < 1.29 is 40.6 Å². The highest BCUT2D eigenvalue weighted by Crippen LogP contribution is 2.51. The summed E-state index contributed by atoms with van der Waals surface area (Å²) in [7, 11) is -1.79. The molecule has 112 valence electrons. The van der Waals surface area contributed by atoms with E-state index in [9.17, 15) is 13.2 Å². The van der Waals surface area contributed by atoms with Crippen molar-refractivity contribution >= 4 is 32.2 Å². The third kappa shape index (κ3) is 4.57. The van der Waals surface area contributed by atoms with Crippen molar-refractivity contribution in [3.05, 3.63) is 34.2 Å². The lowest BCUT2D eigenvalue weighted by Crippen LogP contribution is -2.42. The van der Waals surface area contributed by atoms with Gasteiger partial charge >= 0.3 is 5.51 Å². The smallest absolute Gasteiger partial charge is 0.405 e. The molecule has 0 saturated heterocycles. The van der Waals surface area contributed by atoms with Crippen LogP contribution in [0.3, 0.4) is 0 Å². The maximum absolute atomic E-state index is 12.9. The van der Waals surface area contributed by atoms with Gasteiger partial charge in [0.25, 0.3) is 0 Å². The summed E-state index contributed by atoms with van der Waals surface area (Å²) in [4.78, 5) is 0.435. The minimum absolute atomic E-state index is 0.303. The molecule has 2 rings (SSSR count). The van der Waals surface area contributed by atoms with Crippen LogP contribution in [-0.4, -0.2) is 0 Å². The Morgan fingerprint density at radius 1 is 1.20 bits per heavy atom. The third-order valence-electron chi connectivity index (χ3n) is 2.35. The highest BCUT2D eigenvalue weighted by atomic mass is 80.0. The molecule has 1 unspecified atom stereocenters. The molecule has 0 bridgehead atoms. The average Bonchev–Trinajstić information content (AvgIpc) is 2.65. The molecule has 3 nitrogen and oxygen atoms in total. The van der Waals surface area contributed by atoms with Crippen LogP contribution in [0.1, 0.15) is 11.8 Å². The van der Waals surface area contributed by atoms with Gasteiger partial charge in [-0.3, -0.25) is 0 Å². The molecule has 20 heavy (non-hydrogen) atoms. The molecule has 0 aliphatic carbocycles. The lowest BCUT2D eigenvalue weighted by molar-refractivity contribution is -1.73. The van der Waals surface area contributed by atoms with E-state index >= 15 is 0 Å². The molecule has 0 aliphatic heterocycles. The summed E-state index contributed by atoms with van der Waals surface area (Å²) >= 11 is 2.10. The number of rotatable bonds is 1. The van der Waals surface area contributed by atoms with E-state index in [1.165, 1.54) is 6.07 Å². The number of hydrogen-bond donors (Lipinski definition) is 0. The Morgan fingerprint density at radius 2 is 1.75 bits per heavy atom. The predicted octanol–water partition coefficient (Wildman–Crippen LogP) is 1.71. The van der Waals surface area contributed by atoms with Crippen molar-refractivity contribution in [1.29, 1.82) is 0 Å². The first kappa shape index (κ1) is 17.7. The molecule has 1 aromatic carbocycles. The number of hydrogen-bond acceptors (Lipinski definition) is 3. The maximum atomic E-state index is 12.9. The van der Waals surface area contributed by atoms with Crippen molar-refractivity contribution in [3.8, 4) is 0 Å². The van der Waals surface area contributed by atoms with Gasteiger partial charge in [-0.15, -0.1) is 13.2 Å². The molecular weight excluding hydrogens is 385 g/mol. The lowest BCUT2D eigenvalue weighted by atomic mass is 10.2. The van der Waals surface area contributed by atoms with E-state index in [4.69, 9.17) is 24.2 Å². The Kier molecular flexibility index (Phi) is 6.24. The standard InChI is InChI=1S/C11H9ClF3S.BrO3/c1-2-9-5-7-3-4-8(12)6-10(7)16(9)11(13,14)15;2-1(3)4/h3-6H,2H2,1H3;/q+1;-1. The Balaban J connectivity index is 0.000000444. The van der Waals surface area contributed by atoms with Gasteiger partial charge in [0.2, 0.25) is 14.8 Å². The minimum atomic E-state index is -4.21.